The van der Waals surface area contributed by atoms with Crippen LogP contribution in [0.3, 0.4) is 0 Å². The lowest BCUT2D eigenvalue weighted by atomic mass is 9.99. The third-order valence-corrected chi connectivity index (χ3v) is 7.07. The Morgan fingerprint density at radius 1 is 0.878 bits per heavy atom. The number of phenolic OH excluding ortho intramolecular Hbond substituents is 1. The molecule has 0 saturated carbocycles. The molecule has 0 fully saturated rings. The maximum atomic E-state index is 13.6. The van der Waals surface area contributed by atoms with Gasteiger partial charge in [-0.15, -0.1) is 0 Å². The van der Waals surface area contributed by atoms with Gasteiger partial charge in [0.05, 0.1) is 22.5 Å². The monoisotopic (exact) mass is 559 g/mol. The van der Waals surface area contributed by atoms with Crippen LogP contribution < -0.4 is 10.3 Å². The van der Waals surface area contributed by atoms with Crippen LogP contribution >= 0.6 is 0 Å². The van der Waals surface area contributed by atoms with Crippen LogP contribution in [-0.4, -0.2) is 27.8 Å². The molecule has 0 unspecified atom stereocenters. The van der Waals surface area contributed by atoms with Crippen molar-refractivity contribution in [2.45, 2.75) is 26.9 Å². The standard InChI is InChI=1S/C31H24F3N3O4/c1-16-7-10-21(14-17(16)2)37-26-15-20(31(32,33)34)9-12-24(26)27(29(37)39)36-35-25-6-4-5-23(28(25)38)19-8-11-22(30(40)41)18(3)13-19/h4-15,35,38H,1-3H3,(H,40,41). The maximum Gasteiger partial charge on any atom is 0.416 e. The minimum absolute atomic E-state index is 0.0422. The summed E-state index contributed by atoms with van der Waals surface area (Å²) in [7, 11) is 0. The SMILES string of the molecule is Cc1ccc(N2C(=O)C(=NNc3cccc(-c4ccc(C(=O)O)c(C)c4)c3O)c3ccc(C(F)(F)F)cc32)cc1C. The van der Waals surface area contributed by atoms with Crippen molar-refractivity contribution in [2.75, 3.05) is 10.3 Å². The van der Waals surface area contributed by atoms with Crippen LogP contribution in [0.5, 0.6) is 5.75 Å². The van der Waals surface area contributed by atoms with Crippen molar-refractivity contribution in [1.82, 2.24) is 0 Å². The van der Waals surface area contributed by atoms with E-state index in [4.69, 9.17) is 0 Å². The number of alkyl halides is 3. The zero-order chi connectivity index (χ0) is 29.6. The normalized spacial score (nSPS) is 14.0. The lowest BCUT2D eigenvalue weighted by Gasteiger charge is -2.19. The molecule has 5 rings (SSSR count). The first-order chi connectivity index (χ1) is 19.4. The minimum atomic E-state index is -4.61. The fourth-order valence-corrected chi connectivity index (χ4v) is 4.71. The second-order valence-electron chi connectivity index (χ2n) is 9.75. The molecule has 0 aromatic heterocycles. The number of aromatic hydroxyl groups is 1. The highest BCUT2D eigenvalue weighted by molar-refractivity contribution is 6.55. The molecule has 1 amide bonds. The second kappa shape index (κ2) is 10.1. The van der Waals surface area contributed by atoms with Crippen molar-refractivity contribution in [3.8, 4) is 16.9 Å². The Balaban J connectivity index is 1.55. The number of aryl methyl sites for hydroxylation is 3. The van der Waals surface area contributed by atoms with E-state index in [1.54, 1.807) is 49.4 Å². The van der Waals surface area contributed by atoms with Crippen LogP contribution in [-0.2, 0) is 11.0 Å². The Labute approximate surface area is 233 Å². The van der Waals surface area contributed by atoms with Crippen molar-refractivity contribution in [2.24, 2.45) is 5.10 Å². The molecule has 0 spiro atoms. The number of halogens is 3. The zero-order valence-electron chi connectivity index (χ0n) is 22.2. The molecule has 4 aromatic carbocycles. The molecular formula is C31H24F3N3O4. The molecule has 0 bridgehead atoms. The first-order valence-corrected chi connectivity index (χ1v) is 12.5. The summed E-state index contributed by atoms with van der Waals surface area (Å²) < 4.78 is 40.7. The summed E-state index contributed by atoms with van der Waals surface area (Å²) in [5, 5.41) is 24.5. The Morgan fingerprint density at radius 2 is 1.63 bits per heavy atom. The first-order valence-electron chi connectivity index (χ1n) is 12.5. The second-order valence-corrected chi connectivity index (χ2v) is 9.75. The molecule has 4 aromatic rings. The lowest BCUT2D eigenvalue weighted by Crippen LogP contribution is -2.26. The number of carboxylic acids is 1. The van der Waals surface area contributed by atoms with Crippen LogP contribution in [0.25, 0.3) is 11.1 Å². The van der Waals surface area contributed by atoms with Gasteiger partial charge in [-0.05, 0) is 85.5 Å². The van der Waals surface area contributed by atoms with E-state index in [0.29, 0.717) is 22.4 Å². The summed E-state index contributed by atoms with van der Waals surface area (Å²) in [5.41, 5.74) is 5.85. The summed E-state index contributed by atoms with van der Waals surface area (Å²) in [6.45, 7) is 5.38. The van der Waals surface area contributed by atoms with Gasteiger partial charge in [0.15, 0.2) is 5.71 Å². The van der Waals surface area contributed by atoms with Gasteiger partial charge in [-0.2, -0.15) is 18.3 Å². The fraction of sp³-hybridized carbons (Fsp3) is 0.129. The van der Waals surface area contributed by atoms with Gasteiger partial charge < -0.3 is 10.2 Å². The number of para-hydroxylation sites is 1. The van der Waals surface area contributed by atoms with Crippen LogP contribution in [0, 0.1) is 20.8 Å². The van der Waals surface area contributed by atoms with Crippen LogP contribution in [0.4, 0.5) is 30.2 Å². The van der Waals surface area contributed by atoms with Crippen molar-refractivity contribution >= 4 is 34.7 Å². The van der Waals surface area contributed by atoms with E-state index in [-0.39, 0.29) is 34.0 Å². The molecule has 0 atom stereocenters. The van der Waals surface area contributed by atoms with Gasteiger partial charge in [0.25, 0.3) is 5.91 Å². The Bertz CT molecular complexity index is 1760. The number of rotatable bonds is 5. The van der Waals surface area contributed by atoms with Gasteiger partial charge in [0.1, 0.15) is 5.75 Å². The summed E-state index contributed by atoms with van der Waals surface area (Å²) in [6.07, 6.45) is -4.61. The quantitative estimate of drug-likeness (QED) is 0.177. The number of hydrogen-bond donors (Lipinski definition) is 3. The number of nitrogens with zero attached hydrogens (tertiary/aromatic N) is 2. The molecule has 3 N–H and O–H groups in total. The van der Waals surface area contributed by atoms with E-state index in [1.807, 2.05) is 13.8 Å². The van der Waals surface area contributed by atoms with Crippen molar-refractivity contribution in [1.29, 1.82) is 0 Å². The number of carboxylic acid groups (broad SMARTS) is 1. The third kappa shape index (κ3) is 5.00. The summed E-state index contributed by atoms with van der Waals surface area (Å²) >= 11 is 0. The Hall–Kier alpha value is -5.12. The van der Waals surface area contributed by atoms with Crippen LogP contribution in [0.15, 0.2) is 77.9 Å². The molecule has 1 aliphatic heterocycles. The lowest BCUT2D eigenvalue weighted by molar-refractivity contribution is -0.137. The number of carbonyl (C=O) groups excluding carboxylic acids is 1. The summed E-state index contributed by atoms with van der Waals surface area (Å²) in [6, 6.07) is 17.6. The minimum Gasteiger partial charge on any atom is -0.505 e. The fourth-order valence-electron chi connectivity index (χ4n) is 4.71. The van der Waals surface area contributed by atoms with E-state index >= 15 is 0 Å². The van der Waals surface area contributed by atoms with Gasteiger partial charge in [0.2, 0.25) is 0 Å². The number of hydrogen-bond acceptors (Lipinski definition) is 5. The first kappa shape index (κ1) is 27.4. The third-order valence-electron chi connectivity index (χ3n) is 7.07. The Morgan fingerprint density at radius 3 is 2.29 bits per heavy atom. The molecule has 10 heteroatoms. The number of benzene rings is 4. The number of aromatic carboxylic acids is 1. The predicted molar refractivity (Wildman–Crippen MR) is 150 cm³/mol. The zero-order valence-corrected chi connectivity index (χ0v) is 22.2. The summed E-state index contributed by atoms with van der Waals surface area (Å²) in [4.78, 5) is 26.2. The molecule has 0 aliphatic carbocycles. The number of nitrogens with one attached hydrogen (secondary N) is 1. The molecule has 0 saturated heterocycles. The number of fused-ring (bicyclic) bond motifs is 1. The molecule has 1 aliphatic rings. The van der Waals surface area contributed by atoms with Crippen molar-refractivity contribution in [3.05, 3.63) is 106 Å². The molecule has 41 heavy (non-hydrogen) atoms. The smallest absolute Gasteiger partial charge is 0.416 e. The summed E-state index contributed by atoms with van der Waals surface area (Å²) in [5.74, 6) is -1.91. The molecule has 0 radical (unpaired) electrons. The van der Waals surface area contributed by atoms with Gasteiger partial charge in [-0.25, -0.2) is 4.79 Å². The predicted octanol–water partition coefficient (Wildman–Crippen LogP) is 7.20. The van der Waals surface area contributed by atoms with Gasteiger partial charge in [-0.1, -0.05) is 30.3 Å². The molecule has 7 nitrogen and oxygen atoms in total. The van der Waals surface area contributed by atoms with E-state index in [1.165, 1.54) is 23.1 Å². The van der Waals surface area contributed by atoms with Gasteiger partial charge >= 0.3 is 12.1 Å². The molecule has 208 valence electrons. The van der Waals surface area contributed by atoms with E-state index in [9.17, 15) is 33.0 Å². The van der Waals surface area contributed by atoms with Crippen LogP contribution in [0.1, 0.15) is 38.2 Å². The largest absolute Gasteiger partial charge is 0.505 e. The number of amides is 1. The number of anilines is 3. The van der Waals surface area contributed by atoms with Crippen molar-refractivity contribution < 1.29 is 33.0 Å². The number of carbonyl (C=O) groups is 2. The van der Waals surface area contributed by atoms with Crippen LogP contribution in [0.2, 0.25) is 0 Å². The topological polar surface area (TPSA) is 102 Å². The number of hydrazone groups is 1. The average molecular weight is 560 g/mol. The molecular weight excluding hydrogens is 535 g/mol. The maximum absolute atomic E-state index is 13.6. The van der Waals surface area contributed by atoms with Crippen molar-refractivity contribution in [3.63, 3.8) is 0 Å². The van der Waals surface area contributed by atoms with E-state index < -0.39 is 23.6 Å². The molecule has 1 heterocycles. The highest BCUT2D eigenvalue weighted by atomic mass is 19.4. The Kier molecular flexibility index (Phi) is 6.78. The van der Waals surface area contributed by atoms with E-state index in [0.717, 1.165) is 23.3 Å². The highest BCUT2D eigenvalue weighted by Gasteiger charge is 2.39. The van der Waals surface area contributed by atoms with E-state index in [2.05, 4.69) is 10.5 Å². The average Bonchev–Trinajstić information content (AvgIpc) is 3.19. The van der Waals surface area contributed by atoms with Gasteiger partial charge in [0, 0.05) is 16.8 Å². The highest BCUT2D eigenvalue weighted by Crippen LogP contribution is 2.41. The van der Waals surface area contributed by atoms with Gasteiger partial charge in [-0.3, -0.25) is 15.1 Å². The number of phenols is 1.